The minimum absolute atomic E-state index is 0.116. The molecule has 2 fully saturated rings. The number of halogens is 1. The summed E-state index contributed by atoms with van der Waals surface area (Å²) in [5.74, 6) is -5.22. The minimum Gasteiger partial charge on any atom is -0.349 e. The molecule has 3 atom stereocenters. The number of carbonyl (C=O) groups is 4. The highest BCUT2D eigenvalue weighted by molar-refractivity contribution is 9.10. The van der Waals surface area contributed by atoms with E-state index in [-0.39, 0.29) is 22.5 Å². The summed E-state index contributed by atoms with van der Waals surface area (Å²) in [6.45, 7) is 0. The van der Waals surface area contributed by atoms with Crippen molar-refractivity contribution in [2.45, 2.75) is 11.7 Å². The van der Waals surface area contributed by atoms with Gasteiger partial charge in [0.05, 0.1) is 28.6 Å². The standard InChI is InChI=1S/C26H15BrN2O7/c27-14-7-5-13(6-8-14)21-19-20(26(36-21)22(30)17-3-1-2-4-18(17)23(26)31)25(33)28(24(19)32)15-9-11-16(12-10-15)29(34)35/h1-12,19-21H. The van der Waals surface area contributed by atoms with Crippen molar-refractivity contribution in [2.75, 3.05) is 4.90 Å². The van der Waals surface area contributed by atoms with Crippen LogP contribution in [0.2, 0.25) is 0 Å². The fraction of sp³-hybridized carbons (Fsp3) is 0.154. The van der Waals surface area contributed by atoms with Gasteiger partial charge in [0.25, 0.3) is 5.69 Å². The number of nitro benzene ring substituents is 1. The Bertz CT molecular complexity index is 1460. The molecule has 1 aliphatic carbocycles. The first-order valence-corrected chi connectivity index (χ1v) is 11.8. The van der Waals surface area contributed by atoms with Crippen molar-refractivity contribution in [3.05, 3.63) is 104 Å². The Morgan fingerprint density at radius 1 is 0.833 bits per heavy atom. The lowest BCUT2D eigenvalue weighted by molar-refractivity contribution is -0.384. The number of Topliss-reactive ketones (excluding diaryl/α,β-unsaturated/α-hetero) is 2. The molecular weight excluding hydrogens is 532 g/mol. The van der Waals surface area contributed by atoms with Crippen molar-refractivity contribution in [2.24, 2.45) is 11.8 Å². The zero-order valence-electron chi connectivity index (χ0n) is 18.3. The van der Waals surface area contributed by atoms with Crippen LogP contribution in [0.25, 0.3) is 0 Å². The zero-order valence-corrected chi connectivity index (χ0v) is 19.9. The number of nitrogens with zero attached hydrogens (tertiary/aromatic N) is 2. The Morgan fingerprint density at radius 3 is 1.97 bits per heavy atom. The highest BCUT2D eigenvalue weighted by Crippen LogP contribution is 2.57. The number of ether oxygens (including phenoxy) is 1. The van der Waals surface area contributed by atoms with E-state index >= 15 is 0 Å². The van der Waals surface area contributed by atoms with Crippen LogP contribution in [0.4, 0.5) is 11.4 Å². The molecule has 2 heterocycles. The monoisotopic (exact) mass is 546 g/mol. The number of carbonyl (C=O) groups excluding carboxylic acids is 4. The number of hydrogen-bond acceptors (Lipinski definition) is 7. The molecule has 10 heteroatoms. The molecule has 178 valence electrons. The van der Waals surface area contributed by atoms with Crippen molar-refractivity contribution < 1.29 is 28.8 Å². The summed E-state index contributed by atoms with van der Waals surface area (Å²) in [5.41, 5.74) is -1.44. The second kappa shape index (κ2) is 7.74. The molecule has 0 bridgehead atoms. The van der Waals surface area contributed by atoms with E-state index in [4.69, 9.17) is 4.74 Å². The number of imide groups is 1. The average Bonchev–Trinajstić information content (AvgIpc) is 3.44. The van der Waals surface area contributed by atoms with Crippen LogP contribution in [0.3, 0.4) is 0 Å². The maximum absolute atomic E-state index is 13.8. The third kappa shape index (κ3) is 2.85. The molecule has 2 amide bonds. The van der Waals surface area contributed by atoms with Crippen LogP contribution >= 0.6 is 15.9 Å². The van der Waals surface area contributed by atoms with Crippen molar-refractivity contribution in [1.29, 1.82) is 0 Å². The summed E-state index contributed by atoms with van der Waals surface area (Å²) in [5, 5.41) is 11.1. The number of nitro groups is 1. The van der Waals surface area contributed by atoms with E-state index in [9.17, 15) is 29.3 Å². The van der Waals surface area contributed by atoms with Gasteiger partial charge >= 0.3 is 0 Å². The summed E-state index contributed by atoms with van der Waals surface area (Å²) in [4.78, 5) is 66.4. The van der Waals surface area contributed by atoms with Gasteiger partial charge in [-0.3, -0.25) is 29.3 Å². The normalized spacial score (nSPS) is 23.9. The number of ketones is 2. The van der Waals surface area contributed by atoms with Crippen LogP contribution in [0.5, 0.6) is 0 Å². The number of amides is 2. The highest BCUT2D eigenvalue weighted by Gasteiger charge is 2.74. The first kappa shape index (κ1) is 22.4. The van der Waals surface area contributed by atoms with Gasteiger partial charge in [0.1, 0.15) is 0 Å². The Kier molecular flexibility index (Phi) is 4.83. The Hall–Kier alpha value is -4.02. The van der Waals surface area contributed by atoms with Crippen molar-refractivity contribution in [1.82, 2.24) is 0 Å². The maximum Gasteiger partial charge on any atom is 0.269 e. The smallest absolute Gasteiger partial charge is 0.269 e. The predicted octanol–water partition coefficient (Wildman–Crippen LogP) is 4.05. The van der Waals surface area contributed by atoms with Gasteiger partial charge in [-0.2, -0.15) is 0 Å². The van der Waals surface area contributed by atoms with Crippen LogP contribution in [0.15, 0.2) is 77.3 Å². The van der Waals surface area contributed by atoms with E-state index in [1.807, 2.05) is 0 Å². The zero-order chi connectivity index (χ0) is 25.4. The summed E-state index contributed by atoms with van der Waals surface area (Å²) in [6, 6.07) is 18.1. The van der Waals surface area contributed by atoms with Gasteiger partial charge in [-0.05, 0) is 29.8 Å². The number of benzene rings is 3. The van der Waals surface area contributed by atoms with E-state index in [1.54, 1.807) is 36.4 Å². The van der Waals surface area contributed by atoms with Crippen molar-refractivity contribution >= 4 is 50.7 Å². The van der Waals surface area contributed by atoms with Gasteiger partial charge in [0.15, 0.2) is 0 Å². The number of non-ortho nitro benzene ring substituents is 1. The van der Waals surface area contributed by atoms with E-state index in [0.717, 1.165) is 9.37 Å². The third-order valence-electron chi connectivity index (χ3n) is 7.04. The van der Waals surface area contributed by atoms with E-state index in [0.29, 0.717) is 5.56 Å². The first-order valence-electron chi connectivity index (χ1n) is 11.0. The largest absolute Gasteiger partial charge is 0.349 e. The molecule has 36 heavy (non-hydrogen) atoms. The van der Waals surface area contributed by atoms with E-state index in [1.165, 1.54) is 36.4 Å². The molecular formula is C26H15BrN2O7. The third-order valence-corrected chi connectivity index (χ3v) is 7.56. The molecule has 0 N–H and O–H groups in total. The molecule has 3 aliphatic rings. The van der Waals surface area contributed by atoms with Gasteiger partial charge in [0, 0.05) is 27.7 Å². The Balaban J connectivity index is 1.51. The number of fused-ring (bicyclic) bond motifs is 3. The lowest BCUT2D eigenvalue weighted by atomic mass is 9.77. The molecule has 1 spiro atoms. The summed E-state index contributed by atoms with van der Waals surface area (Å²) >= 11 is 3.36. The van der Waals surface area contributed by atoms with Crippen LogP contribution in [0.1, 0.15) is 32.4 Å². The average molecular weight is 547 g/mol. The summed E-state index contributed by atoms with van der Waals surface area (Å²) < 4.78 is 6.99. The molecule has 3 aromatic carbocycles. The topological polar surface area (TPSA) is 124 Å². The van der Waals surface area contributed by atoms with E-state index in [2.05, 4.69) is 15.9 Å². The molecule has 0 aromatic heterocycles. The van der Waals surface area contributed by atoms with E-state index < -0.39 is 51.8 Å². The lowest BCUT2D eigenvalue weighted by Gasteiger charge is -2.27. The summed E-state index contributed by atoms with van der Waals surface area (Å²) in [6.07, 6.45) is -1.04. The van der Waals surface area contributed by atoms with Crippen molar-refractivity contribution in [3.8, 4) is 0 Å². The Morgan fingerprint density at radius 2 is 1.42 bits per heavy atom. The van der Waals surface area contributed by atoms with Gasteiger partial charge in [-0.1, -0.05) is 52.3 Å². The highest BCUT2D eigenvalue weighted by atomic mass is 79.9. The second-order valence-corrected chi connectivity index (χ2v) is 9.73. The van der Waals surface area contributed by atoms with Crippen LogP contribution in [-0.2, 0) is 14.3 Å². The molecule has 0 radical (unpaired) electrons. The van der Waals surface area contributed by atoms with Gasteiger partial charge in [0.2, 0.25) is 29.0 Å². The first-order chi connectivity index (χ1) is 17.3. The number of rotatable bonds is 3. The Labute approximate surface area is 211 Å². The number of anilines is 1. The van der Waals surface area contributed by atoms with Gasteiger partial charge in [-0.15, -0.1) is 0 Å². The minimum atomic E-state index is -2.17. The fourth-order valence-electron chi connectivity index (χ4n) is 5.45. The molecule has 3 unspecified atom stereocenters. The van der Waals surface area contributed by atoms with Crippen molar-refractivity contribution in [3.63, 3.8) is 0 Å². The molecule has 2 aliphatic heterocycles. The van der Waals surface area contributed by atoms with Crippen LogP contribution < -0.4 is 4.90 Å². The summed E-state index contributed by atoms with van der Waals surface area (Å²) in [7, 11) is 0. The number of hydrogen-bond donors (Lipinski definition) is 0. The quantitative estimate of drug-likeness (QED) is 0.210. The maximum atomic E-state index is 13.8. The van der Waals surface area contributed by atoms with Crippen LogP contribution in [0, 0.1) is 22.0 Å². The molecule has 3 aromatic rings. The molecule has 0 saturated carbocycles. The second-order valence-electron chi connectivity index (χ2n) is 8.82. The fourth-order valence-corrected chi connectivity index (χ4v) is 5.71. The van der Waals surface area contributed by atoms with Crippen LogP contribution in [-0.4, -0.2) is 33.9 Å². The van der Waals surface area contributed by atoms with Gasteiger partial charge < -0.3 is 4.74 Å². The molecule has 2 saturated heterocycles. The lowest BCUT2D eigenvalue weighted by Crippen LogP contribution is -2.51. The molecule has 6 rings (SSSR count). The SMILES string of the molecule is O=C1C2C(c3ccc(Br)cc3)OC3(C(=O)c4ccccc4C3=O)C2C(=O)N1c1ccc([N+](=O)[O-])cc1. The van der Waals surface area contributed by atoms with Gasteiger partial charge in [-0.25, -0.2) is 4.90 Å². The predicted molar refractivity (Wildman–Crippen MR) is 128 cm³/mol. The molecule has 9 nitrogen and oxygen atoms in total.